The van der Waals surface area contributed by atoms with Gasteiger partial charge in [-0.25, -0.2) is 0 Å². The van der Waals surface area contributed by atoms with Crippen LogP contribution in [-0.4, -0.2) is 0 Å². The quantitative estimate of drug-likeness (QED) is 0.173. The molecule has 0 fully saturated rings. The fourth-order valence-corrected chi connectivity index (χ4v) is 12.6. The summed E-state index contributed by atoms with van der Waals surface area (Å²) in [4.78, 5) is 4.93. The zero-order valence-electron chi connectivity index (χ0n) is 39.3. The molecule has 0 unspecified atom stereocenters. The van der Waals surface area contributed by atoms with Crippen molar-refractivity contribution in [1.82, 2.24) is 0 Å². The topological polar surface area (TPSA) is 32.8 Å². The Hall–Kier alpha value is -8.60. The molecule has 0 saturated carbocycles. The van der Waals surface area contributed by atoms with Crippen molar-refractivity contribution in [3.63, 3.8) is 0 Å². The van der Waals surface area contributed by atoms with Crippen molar-refractivity contribution in [3.8, 4) is 44.5 Å². The molecule has 2 aliphatic heterocycles. The van der Waals surface area contributed by atoms with Crippen molar-refractivity contribution >= 4 is 78.0 Å². The first kappa shape index (κ1) is 39.4. The van der Waals surface area contributed by atoms with E-state index in [0.717, 1.165) is 66.6 Å². The fourth-order valence-electron chi connectivity index (χ4n) is 12.6. The van der Waals surface area contributed by atoms with Gasteiger partial charge in [-0.3, -0.25) is 0 Å². The van der Waals surface area contributed by atoms with E-state index < -0.39 is 0 Å². The number of rotatable bonds is 2. The van der Waals surface area contributed by atoms with Gasteiger partial charge in [0.1, 0.15) is 22.3 Å². The maximum absolute atomic E-state index is 6.58. The minimum Gasteiger partial charge on any atom is -0.456 e. The summed E-state index contributed by atoms with van der Waals surface area (Å²) < 4.78 is 13.2. The number of anilines is 6. The van der Waals surface area contributed by atoms with Gasteiger partial charge in [0.05, 0.1) is 22.7 Å². The SMILES string of the molecule is CC1(C)c2ccccc2N(c2ccc3c(c2)-c2ccccc2-c2ccc(N4c5ccccc5C(C)(C)c5cc6c(cc54)oc4ccccc46)cc2-c2ccccc2-3)c2cc3oc4ccccc4c3cc21. The smallest absolute Gasteiger partial charge is 0.137 e. The van der Waals surface area contributed by atoms with Crippen LogP contribution < -0.4 is 9.80 Å². The second kappa shape index (κ2) is 14.0. The lowest BCUT2D eigenvalue weighted by molar-refractivity contribution is 0.630. The van der Waals surface area contributed by atoms with E-state index in [1.807, 2.05) is 0 Å². The zero-order chi connectivity index (χ0) is 46.6. The second-order valence-electron chi connectivity index (χ2n) is 20.4. The van der Waals surface area contributed by atoms with Gasteiger partial charge in [-0.05, 0) is 127 Å². The Balaban J connectivity index is 0.936. The van der Waals surface area contributed by atoms with E-state index in [2.05, 4.69) is 244 Å². The largest absolute Gasteiger partial charge is 0.456 e. The van der Waals surface area contributed by atoms with Crippen LogP contribution in [0, 0.1) is 0 Å². The summed E-state index contributed by atoms with van der Waals surface area (Å²) in [7, 11) is 0. The van der Waals surface area contributed by atoms with Gasteiger partial charge in [0.15, 0.2) is 0 Å². The average molecular weight is 899 g/mol. The number of benzene rings is 10. The van der Waals surface area contributed by atoms with Crippen LogP contribution >= 0.6 is 0 Å². The minimum absolute atomic E-state index is 0.249. The fraction of sp³-hybridized carbons (Fsp3) is 0.0909. The summed E-state index contributed by atoms with van der Waals surface area (Å²) in [5.41, 5.74) is 24.7. The number of hydrogen-bond donors (Lipinski definition) is 0. The molecule has 0 N–H and O–H groups in total. The number of fused-ring (bicyclic) bond motifs is 18. The molecule has 4 heteroatoms. The van der Waals surface area contributed by atoms with Crippen LogP contribution in [0.3, 0.4) is 0 Å². The molecule has 0 amide bonds. The average Bonchev–Trinajstić information content (AvgIpc) is 3.95. The first-order valence-corrected chi connectivity index (χ1v) is 24.4. The number of hydrogen-bond acceptors (Lipinski definition) is 4. The lowest BCUT2D eigenvalue weighted by atomic mass is 9.73. The van der Waals surface area contributed by atoms with Gasteiger partial charge >= 0.3 is 0 Å². The molecule has 3 aliphatic rings. The van der Waals surface area contributed by atoms with Gasteiger partial charge in [0.2, 0.25) is 0 Å². The standard InChI is InChI=1S/C66H46N2O2/c1-65(2)53-23-11-13-25-57(53)67(59-37-63-51(35-55(59)65)47-21-9-15-27-61(47)69-63)39-29-31-45-42-18-6-8-20-44(42)50-34-40(30-32-46(50)41-17-5-7-19-43(41)49(45)33-39)68-58-26-14-12-24-54(58)66(3,4)56-36-52-48-22-10-16-28-62(48)70-64(52)38-60(56)68/h5-38H,1-4H3. The van der Waals surface area contributed by atoms with Crippen LogP contribution in [-0.2, 0) is 10.8 Å². The Morgan fingerprint density at radius 2 is 0.629 bits per heavy atom. The Kier molecular flexibility index (Phi) is 7.88. The molecule has 0 saturated heterocycles. The molecule has 4 nitrogen and oxygen atoms in total. The highest BCUT2D eigenvalue weighted by Crippen LogP contribution is 2.58. The summed E-state index contributed by atoms with van der Waals surface area (Å²) in [6, 6.07) is 76.1. The third kappa shape index (κ3) is 5.31. The van der Waals surface area contributed by atoms with Crippen molar-refractivity contribution in [2.45, 2.75) is 38.5 Å². The Morgan fingerprint density at radius 3 is 1.07 bits per heavy atom. The summed E-state index contributed by atoms with van der Waals surface area (Å²) >= 11 is 0. The predicted octanol–water partition coefficient (Wildman–Crippen LogP) is 18.7. The van der Waals surface area contributed by atoms with Crippen molar-refractivity contribution < 1.29 is 8.83 Å². The van der Waals surface area contributed by atoms with Crippen molar-refractivity contribution in [2.24, 2.45) is 0 Å². The van der Waals surface area contributed by atoms with Crippen LogP contribution in [0.1, 0.15) is 49.9 Å². The molecule has 0 radical (unpaired) electrons. The molecular weight excluding hydrogens is 853 g/mol. The van der Waals surface area contributed by atoms with Crippen LogP contribution in [0.25, 0.3) is 88.4 Å². The molecular formula is C66H46N2O2. The molecule has 12 aromatic rings. The highest BCUT2D eigenvalue weighted by atomic mass is 16.3. The number of furan rings is 2. The molecule has 0 atom stereocenters. The minimum atomic E-state index is -0.249. The van der Waals surface area contributed by atoms with Gasteiger partial charge in [0.25, 0.3) is 0 Å². The molecule has 332 valence electrons. The predicted molar refractivity (Wildman–Crippen MR) is 290 cm³/mol. The molecule has 15 rings (SSSR count). The highest BCUT2D eigenvalue weighted by molar-refractivity contribution is 6.10. The first-order chi connectivity index (χ1) is 34.2. The zero-order valence-corrected chi connectivity index (χ0v) is 39.3. The Labute approximate surface area is 406 Å². The van der Waals surface area contributed by atoms with E-state index in [1.54, 1.807) is 0 Å². The van der Waals surface area contributed by atoms with E-state index in [9.17, 15) is 0 Å². The first-order valence-electron chi connectivity index (χ1n) is 24.4. The Bertz CT molecular complexity index is 3950. The molecule has 4 heterocycles. The van der Waals surface area contributed by atoms with Gasteiger partial charge in [-0.15, -0.1) is 0 Å². The van der Waals surface area contributed by atoms with Crippen LogP contribution in [0.4, 0.5) is 34.1 Å². The number of nitrogens with zero attached hydrogens (tertiary/aromatic N) is 2. The molecule has 2 aromatic heterocycles. The van der Waals surface area contributed by atoms with Crippen LogP contribution in [0.2, 0.25) is 0 Å². The van der Waals surface area contributed by atoms with Gasteiger partial charge in [-0.2, -0.15) is 0 Å². The van der Waals surface area contributed by atoms with Crippen LogP contribution in [0.15, 0.2) is 215 Å². The molecule has 70 heavy (non-hydrogen) atoms. The molecule has 1 aliphatic carbocycles. The van der Waals surface area contributed by atoms with Crippen molar-refractivity contribution in [3.05, 3.63) is 229 Å². The van der Waals surface area contributed by atoms with E-state index >= 15 is 0 Å². The summed E-state index contributed by atoms with van der Waals surface area (Å²) in [6.45, 7) is 9.43. The Morgan fingerprint density at radius 1 is 0.271 bits per heavy atom. The lowest BCUT2D eigenvalue weighted by Gasteiger charge is -2.42. The maximum atomic E-state index is 6.58. The second-order valence-corrected chi connectivity index (χ2v) is 20.4. The summed E-state index contributed by atoms with van der Waals surface area (Å²) in [6.07, 6.45) is 0. The lowest BCUT2D eigenvalue weighted by Crippen LogP contribution is -2.30. The van der Waals surface area contributed by atoms with Crippen molar-refractivity contribution in [1.29, 1.82) is 0 Å². The van der Waals surface area contributed by atoms with Gasteiger partial charge in [-0.1, -0.05) is 161 Å². The summed E-state index contributed by atoms with van der Waals surface area (Å²) in [5, 5.41) is 4.58. The van der Waals surface area contributed by atoms with E-state index in [-0.39, 0.29) is 10.8 Å². The molecule has 0 bridgehead atoms. The third-order valence-electron chi connectivity index (χ3n) is 16.0. The maximum Gasteiger partial charge on any atom is 0.137 e. The number of para-hydroxylation sites is 4. The van der Waals surface area contributed by atoms with E-state index in [4.69, 9.17) is 8.83 Å². The van der Waals surface area contributed by atoms with Crippen molar-refractivity contribution in [2.75, 3.05) is 9.80 Å². The molecule has 10 aromatic carbocycles. The van der Waals surface area contributed by atoms with Gasteiger partial charge in [0, 0.05) is 55.9 Å². The third-order valence-corrected chi connectivity index (χ3v) is 16.0. The molecule has 0 spiro atoms. The summed E-state index contributed by atoms with van der Waals surface area (Å²) in [5.74, 6) is 0. The normalized spacial score (nSPS) is 14.7. The monoisotopic (exact) mass is 898 g/mol. The highest BCUT2D eigenvalue weighted by Gasteiger charge is 2.40. The van der Waals surface area contributed by atoms with E-state index in [0.29, 0.717) is 0 Å². The van der Waals surface area contributed by atoms with Crippen LogP contribution in [0.5, 0.6) is 0 Å². The van der Waals surface area contributed by atoms with Gasteiger partial charge < -0.3 is 18.6 Å². The van der Waals surface area contributed by atoms with E-state index in [1.165, 1.54) is 78.1 Å².